The minimum atomic E-state index is 0.515. The van der Waals surface area contributed by atoms with Gasteiger partial charge in [-0.2, -0.15) is 10.4 Å². The third-order valence-corrected chi connectivity index (χ3v) is 2.99. The summed E-state index contributed by atoms with van der Waals surface area (Å²) in [6.45, 7) is 2.43. The SMILES string of the molecule is CCOc1ccc(-c2ccnc3ccnn23)cc1C#N. The molecule has 0 fully saturated rings. The Morgan fingerprint density at radius 2 is 2.15 bits per heavy atom. The lowest BCUT2D eigenvalue weighted by Gasteiger charge is -2.08. The van der Waals surface area contributed by atoms with E-state index in [-0.39, 0.29) is 0 Å². The standard InChI is InChI=1S/C15H12N4O/c1-2-20-14-4-3-11(9-12(14)10-16)13-5-7-17-15-6-8-18-19(13)15/h3-9H,2H2,1H3. The average molecular weight is 264 g/mol. The van der Waals surface area contributed by atoms with E-state index in [0.717, 1.165) is 16.9 Å². The second-order valence-electron chi connectivity index (χ2n) is 4.19. The van der Waals surface area contributed by atoms with Crippen LogP contribution in [0.5, 0.6) is 5.75 Å². The molecule has 5 nitrogen and oxygen atoms in total. The van der Waals surface area contributed by atoms with Gasteiger partial charge in [-0.1, -0.05) is 0 Å². The maximum atomic E-state index is 9.22. The quantitative estimate of drug-likeness (QED) is 0.729. The minimum absolute atomic E-state index is 0.515. The maximum absolute atomic E-state index is 9.22. The summed E-state index contributed by atoms with van der Waals surface area (Å²) in [5, 5.41) is 13.5. The van der Waals surface area contributed by atoms with Crippen LogP contribution in [-0.4, -0.2) is 21.2 Å². The normalized spacial score (nSPS) is 10.4. The van der Waals surface area contributed by atoms with Crippen molar-refractivity contribution >= 4 is 5.65 Å². The van der Waals surface area contributed by atoms with E-state index in [4.69, 9.17) is 4.74 Å². The van der Waals surface area contributed by atoms with Crippen molar-refractivity contribution < 1.29 is 4.74 Å². The summed E-state index contributed by atoms with van der Waals surface area (Å²) in [5.74, 6) is 0.601. The van der Waals surface area contributed by atoms with E-state index in [1.54, 1.807) is 23.0 Å². The molecular formula is C15H12N4O. The molecule has 0 atom stereocenters. The molecule has 0 saturated carbocycles. The Kier molecular flexibility index (Phi) is 3.05. The molecule has 0 amide bonds. The van der Waals surface area contributed by atoms with Crippen LogP contribution in [0.3, 0.4) is 0 Å². The predicted molar refractivity (Wildman–Crippen MR) is 74.3 cm³/mol. The van der Waals surface area contributed by atoms with Crippen molar-refractivity contribution in [2.75, 3.05) is 6.61 Å². The van der Waals surface area contributed by atoms with Crippen LogP contribution in [0, 0.1) is 11.3 Å². The van der Waals surface area contributed by atoms with Gasteiger partial charge in [-0.15, -0.1) is 0 Å². The molecule has 0 bridgehead atoms. The first-order valence-corrected chi connectivity index (χ1v) is 6.29. The molecule has 98 valence electrons. The number of nitrogens with zero attached hydrogens (tertiary/aromatic N) is 4. The van der Waals surface area contributed by atoms with E-state index in [9.17, 15) is 5.26 Å². The highest BCUT2D eigenvalue weighted by atomic mass is 16.5. The second kappa shape index (κ2) is 5.02. The predicted octanol–water partition coefficient (Wildman–Crippen LogP) is 2.67. The van der Waals surface area contributed by atoms with Gasteiger partial charge in [-0.05, 0) is 31.2 Å². The average Bonchev–Trinajstić information content (AvgIpc) is 2.96. The molecule has 3 rings (SSSR count). The van der Waals surface area contributed by atoms with Crippen LogP contribution < -0.4 is 4.74 Å². The van der Waals surface area contributed by atoms with Crippen LogP contribution in [0.25, 0.3) is 16.9 Å². The minimum Gasteiger partial charge on any atom is -0.492 e. The lowest BCUT2D eigenvalue weighted by Crippen LogP contribution is -1.98. The van der Waals surface area contributed by atoms with E-state index in [1.807, 2.05) is 31.2 Å². The third-order valence-electron chi connectivity index (χ3n) is 2.99. The third kappa shape index (κ3) is 1.97. The first kappa shape index (κ1) is 12.2. The van der Waals surface area contributed by atoms with E-state index in [2.05, 4.69) is 16.2 Å². The zero-order valence-corrected chi connectivity index (χ0v) is 10.9. The molecule has 0 aliphatic heterocycles. The van der Waals surface area contributed by atoms with Gasteiger partial charge < -0.3 is 4.74 Å². The highest BCUT2D eigenvalue weighted by molar-refractivity contribution is 5.66. The van der Waals surface area contributed by atoms with Gasteiger partial charge in [0.25, 0.3) is 0 Å². The van der Waals surface area contributed by atoms with Crippen LogP contribution in [0.1, 0.15) is 12.5 Å². The number of nitriles is 1. The van der Waals surface area contributed by atoms with Crippen molar-refractivity contribution in [2.24, 2.45) is 0 Å². The van der Waals surface area contributed by atoms with Gasteiger partial charge in [0.1, 0.15) is 11.8 Å². The smallest absolute Gasteiger partial charge is 0.155 e. The van der Waals surface area contributed by atoms with Crippen molar-refractivity contribution in [3.8, 4) is 23.1 Å². The molecule has 5 heteroatoms. The van der Waals surface area contributed by atoms with Crippen molar-refractivity contribution in [3.05, 3.63) is 48.3 Å². The van der Waals surface area contributed by atoms with Crippen LogP contribution in [0.4, 0.5) is 0 Å². The van der Waals surface area contributed by atoms with Gasteiger partial charge in [0.15, 0.2) is 5.65 Å². The summed E-state index contributed by atoms with van der Waals surface area (Å²) in [4.78, 5) is 4.23. The summed E-state index contributed by atoms with van der Waals surface area (Å²) in [6, 6.07) is 11.4. The molecule has 2 heterocycles. The molecular weight excluding hydrogens is 252 g/mol. The molecule has 0 N–H and O–H groups in total. The van der Waals surface area contributed by atoms with E-state index in [1.165, 1.54) is 0 Å². The maximum Gasteiger partial charge on any atom is 0.155 e. The fourth-order valence-electron chi connectivity index (χ4n) is 2.11. The molecule has 0 aliphatic rings. The van der Waals surface area contributed by atoms with E-state index < -0.39 is 0 Å². The molecule has 0 spiro atoms. The number of fused-ring (bicyclic) bond motifs is 1. The Morgan fingerprint density at radius 3 is 2.95 bits per heavy atom. The van der Waals surface area contributed by atoms with Crippen molar-refractivity contribution in [3.63, 3.8) is 0 Å². The number of ether oxygens (including phenoxy) is 1. The van der Waals surface area contributed by atoms with Crippen LogP contribution in [0.2, 0.25) is 0 Å². The summed E-state index contributed by atoms with van der Waals surface area (Å²) < 4.78 is 7.18. The first-order chi connectivity index (χ1) is 9.83. The van der Waals surface area contributed by atoms with Gasteiger partial charge in [-0.25, -0.2) is 9.50 Å². The summed E-state index contributed by atoms with van der Waals surface area (Å²) in [6.07, 6.45) is 3.43. The van der Waals surface area contributed by atoms with Crippen LogP contribution >= 0.6 is 0 Å². The van der Waals surface area contributed by atoms with E-state index in [0.29, 0.717) is 17.9 Å². The highest BCUT2D eigenvalue weighted by Gasteiger charge is 2.09. The van der Waals surface area contributed by atoms with Crippen LogP contribution in [-0.2, 0) is 0 Å². The highest BCUT2D eigenvalue weighted by Crippen LogP contribution is 2.26. The molecule has 2 aromatic heterocycles. The number of benzene rings is 1. The Bertz CT molecular complexity index is 801. The van der Waals surface area contributed by atoms with Crippen molar-refractivity contribution in [1.29, 1.82) is 5.26 Å². The molecule has 0 saturated heterocycles. The number of hydrogen-bond acceptors (Lipinski definition) is 4. The second-order valence-corrected chi connectivity index (χ2v) is 4.19. The van der Waals surface area contributed by atoms with Gasteiger partial charge in [0.2, 0.25) is 0 Å². The Labute approximate surface area is 116 Å². The zero-order chi connectivity index (χ0) is 13.9. The lowest BCUT2D eigenvalue weighted by molar-refractivity contribution is 0.339. The molecule has 1 aromatic carbocycles. The number of rotatable bonds is 3. The molecule has 0 unspecified atom stereocenters. The first-order valence-electron chi connectivity index (χ1n) is 6.29. The summed E-state index contributed by atoms with van der Waals surface area (Å²) in [5.41, 5.74) is 3.08. The molecule has 0 aliphatic carbocycles. The fourth-order valence-corrected chi connectivity index (χ4v) is 2.11. The largest absolute Gasteiger partial charge is 0.492 e. The summed E-state index contributed by atoms with van der Waals surface area (Å²) >= 11 is 0. The Balaban J connectivity index is 2.15. The topological polar surface area (TPSA) is 63.2 Å². The molecule has 3 aromatic rings. The van der Waals surface area contributed by atoms with Gasteiger partial charge in [0, 0.05) is 17.8 Å². The molecule has 20 heavy (non-hydrogen) atoms. The number of hydrogen-bond donors (Lipinski definition) is 0. The lowest BCUT2D eigenvalue weighted by atomic mass is 10.1. The molecule has 0 radical (unpaired) electrons. The Hall–Kier alpha value is -2.87. The van der Waals surface area contributed by atoms with Gasteiger partial charge in [-0.3, -0.25) is 0 Å². The van der Waals surface area contributed by atoms with Gasteiger partial charge in [0.05, 0.1) is 24.1 Å². The zero-order valence-electron chi connectivity index (χ0n) is 10.9. The van der Waals surface area contributed by atoms with Crippen LogP contribution in [0.15, 0.2) is 42.7 Å². The van der Waals surface area contributed by atoms with Gasteiger partial charge >= 0.3 is 0 Å². The van der Waals surface area contributed by atoms with Crippen molar-refractivity contribution in [1.82, 2.24) is 14.6 Å². The fraction of sp³-hybridized carbons (Fsp3) is 0.133. The number of aromatic nitrogens is 3. The monoisotopic (exact) mass is 264 g/mol. The Morgan fingerprint density at radius 1 is 1.25 bits per heavy atom. The van der Waals surface area contributed by atoms with Crippen molar-refractivity contribution in [2.45, 2.75) is 6.92 Å². The van der Waals surface area contributed by atoms with E-state index >= 15 is 0 Å². The summed E-state index contributed by atoms with van der Waals surface area (Å²) in [7, 11) is 0.